The van der Waals surface area contributed by atoms with Crippen LogP contribution in [-0.4, -0.2) is 50.6 Å². The predicted octanol–water partition coefficient (Wildman–Crippen LogP) is 6.15. The van der Waals surface area contributed by atoms with Crippen LogP contribution >= 0.6 is 11.6 Å². The maximum Gasteiger partial charge on any atom is 0.170 e. The first-order valence-electron chi connectivity index (χ1n) is 13.2. The minimum Gasteiger partial charge on any atom is -0.329 e. The van der Waals surface area contributed by atoms with Gasteiger partial charge in [0, 0.05) is 18.6 Å². The number of rotatable bonds is 12. The monoisotopic (exact) mass is 487 g/mol. The minimum absolute atomic E-state index is 0.370. The molecule has 0 bridgehead atoms. The Morgan fingerprint density at radius 3 is 2.65 bits per heavy atom. The van der Waals surface area contributed by atoms with Gasteiger partial charge in [0.15, 0.2) is 6.17 Å². The first kappa shape index (κ1) is 28.6. The van der Waals surface area contributed by atoms with E-state index in [2.05, 4.69) is 54.5 Å². The summed E-state index contributed by atoms with van der Waals surface area (Å²) in [5.41, 5.74) is 6.22. The van der Waals surface area contributed by atoms with Gasteiger partial charge in [-0.15, -0.1) is 0 Å². The third-order valence-corrected chi connectivity index (χ3v) is 7.81. The normalized spacial score (nSPS) is 24.6. The molecule has 0 aromatic heterocycles. The van der Waals surface area contributed by atoms with Crippen LogP contribution in [0.1, 0.15) is 78.6 Å². The van der Waals surface area contributed by atoms with Crippen LogP contribution in [0.3, 0.4) is 0 Å². The fourth-order valence-electron chi connectivity index (χ4n) is 5.15. The van der Waals surface area contributed by atoms with Gasteiger partial charge in [-0.3, -0.25) is 10.3 Å². The molecule has 0 aromatic rings. The van der Waals surface area contributed by atoms with Crippen LogP contribution in [0.2, 0.25) is 0 Å². The quantitative estimate of drug-likeness (QED) is 0.197. The number of nitriles is 1. The fourth-order valence-corrected chi connectivity index (χ4v) is 5.29. The van der Waals surface area contributed by atoms with E-state index in [-0.39, 0.29) is 6.17 Å². The van der Waals surface area contributed by atoms with E-state index in [1.54, 1.807) is 5.54 Å². The van der Waals surface area contributed by atoms with Gasteiger partial charge >= 0.3 is 0 Å². The number of hydrogen-bond acceptors (Lipinski definition) is 5. The highest BCUT2D eigenvalue weighted by Gasteiger charge is 2.40. The zero-order valence-corrected chi connectivity index (χ0v) is 22.8. The average Bonchev–Trinajstić information content (AvgIpc) is 3.61. The summed E-state index contributed by atoms with van der Waals surface area (Å²) in [5, 5.41) is 16.2. The van der Waals surface area contributed by atoms with Gasteiger partial charge < -0.3 is 10.2 Å². The third kappa shape index (κ3) is 7.97. The summed E-state index contributed by atoms with van der Waals surface area (Å²) in [4.78, 5) is 7.26. The molecule has 0 radical (unpaired) electrons. The fraction of sp³-hybridized carbons (Fsp3) is 0.714. The molecule has 0 saturated heterocycles. The standard InChI is InChI=1S/C28H46ClN5/c1-6-22(3)25(12-18-29)23-9-10-24(11-15-28(16-17-28)14-8-19-31-4)27(33-20-13-23)34(7-2)26(21-30)32-5/h11-12,18,23,26,31-32H,6-10,13-17,19-20H2,1-5H3/b18-12-,24-11-,25-22-,33-27+. The van der Waals surface area contributed by atoms with E-state index in [9.17, 15) is 5.26 Å². The summed E-state index contributed by atoms with van der Waals surface area (Å²) < 4.78 is 0. The third-order valence-electron chi connectivity index (χ3n) is 7.69. The van der Waals surface area contributed by atoms with Crippen molar-refractivity contribution in [2.45, 2.75) is 84.7 Å². The van der Waals surface area contributed by atoms with E-state index < -0.39 is 0 Å². The van der Waals surface area contributed by atoms with Crippen LogP contribution in [0.4, 0.5) is 0 Å². The Balaban J connectivity index is 2.35. The number of amidine groups is 1. The number of likely N-dealkylation sites (N-methyl/N-ethyl adjacent to an activating group) is 1. The Kier molecular flexibility index (Phi) is 12.4. The Morgan fingerprint density at radius 1 is 1.32 bits per heavy atom. The highest BCUT2D eigenvalue weighted by atomic mass is 35.5. The van der Waals surface area contributed by atoms with Gasteiger partial charge in [-0.1, -0.05) is 30.2 Å². The zero-order chi connectivity index (χ0) is 25.0. The molecule has 6 heteroatoms. The summed E-state index contributed by atoms with van der Waals surface area (Å²) in [6, 6.07) is 2.41. The second kappa shape index (κ2) is 14.7. The van der Waals surface area contributed by atoms with Crippen molar-refractivity contribution in [1.82, 2.24) is 15.5 Å². The predicted molar refractivity (Wildman–Crippen MR) is 146 cm³/mol. The van der Waals surface area contributed by atoms with Crippen LogP contribution in [0.5, 0.6) is 0 Å². The van der Waals surface area contributed by atoms with Crippen molar-refractivity contribution in [1.29, 1.82) is 5.26 Å². The zero-order valence-electron chi connectivity index (χ0n) is 22.1. The lowest BCUT2D eigenvalue weighted by molar-refractivity contribution is 0.342. The highest BCUT2D eigenvalue weighted by molar-refractivity contribution is 6.25. The molecule has 1 aliphatic heterocycles. The highest BCUT2D eigenvalue weighted by Crippen LogP contribution is 2.53. The first-order valence-corrected chi connectivity index (χ1v) is 13.6. The Hall–Kier alpha value is -1.61. The van der Waals surface area contributed by atoms with E-state index in [1.807, 2.05) is 14.1 Å². The van der Waals surface area contributed by atoms with Crippen molar-refractivity contribution in [3.05, 3.63) is 34.4 Å². The summed E-state index contributed by atoms with van der Waals surface area (Å²) >= 11 is 6.03. The van der Waals surface area contributed by atoms with Crippen molar-refractivity contribution < 1.29 is 0 Å². The smallest absolute Gasteiger partial charge is 0.170 e. The van der Waals surface area contributed by atoms with Crippen LogP contribution in [0.15, 0.2) is 39.4 Å². The second-order valence-electron chi connectivity index (χ2n) is 9.86. The average molecular weight is 488 g/mol. The van der Waals surface area contributed by atoms with E-state index in [4.69, 9.17) is 16.6 Å². The van der Waals surface area contributed by atoms with Gasteiger partial charge in [0.05, 0.1) is 0 Å². The van der Waals surface area contributed by atoms with Gasteiger partial charge in [-0.25, -0.2) is 0 Å². The number of hydrogen-bond donors (Lipinski definition) is 2. The molecular weight excluding hydrogens is 442 g/mol. The molecule has 190 valence electrons. The first-order chi connectivity index (χ1) is 16.5. The molecule has 5 nitrogen and oxygen atoms in total. The molecule has 1 aliphatic carbocycles. The van der Waals surface area contributed by atoms with Gasteiger partial charge in [0.25, 0.3) is 0 Å². The second-order valence-corrected chi connectivity index (χ2v) is 10.1. The molecule has 2 unspecified atom stereocenters. The number of allylic oxidation sites excluding steroid dienone is 4. The van der Waals surface area contributed by atoms with Crippen molar-refractivity contribution in [3.63, 3.8) is 0 Å². The number of nitrogens with zero attached hydrogens (tertiary/aromatic N) is 3. The summed E-state index contributed by atoms with van der Waals surface area (Å²) in [6.07, 6.45) is 14.6. The molecule has 0 aromatic carbocycles. The van der Waals surface area contributed by atoms with Gasteiger partial charge in [0.1, 0.15) is 11.9 Å². The largest absolute Gasteiger partial charge is 0.329 e. The van der Waals surface area contributed by atoms with Crippen LogP contribution in [0, 0.1) is 22.7 Å². The molecule has 1 fully saturated rings. The summed E-state index contributed by atoms with van der Waals surface area (Å²) in [6.45, 7) is 9.15. The summed E-state index contributed by atoms with van der Waals surface area (Å²) in [5.74, 6) is 1.47. The molecule has 2 aliphatic rings. The van der Waals surface area contributed by atoms with Gasteiger partial charge in [-0.05, 0) is 121 Å². The van der Waals surface area contributed by atoms with Crippen LogP contribution in [0.25, 0.3) is 0 Å². The number of nitrogens with one attached hydrogen (secondary N) is 2. The van der Waals surface area contributed by atoms with Crippen LogP contribution in [-0.2, 0) is 0 Å². The van der Waals surface area contributed by atoms with E-state index >= 15 is 0 Å². The van der Waals surface area contributed by atoms with Crippen LogP contribution < -0.4 is 10.6 Å². The lowest BCUT2D eigenvalue weighted by atomic mass is 9.84. The van der Waals surface area contributed by atoms with Gasteiger partial charge in [0.2, 0.25) is 0 Å². The minimum atomic E-state index is -0.370. The molecule has 1 heterocycles. The maximum absolute atomic E-state index is 9.76. The molecule has 2 N–H and O–H groups in total. The Labute approximate surface area is 213 Å². The Morgan fingerprint density at radius 2 is 2.09 bits per heavy atom. The summed E-state index contributed by atoms with van der Waals surface area (Å²) in [7, 11) is 3.88. The lowest BCUT2D eigenvalue weighted by Gasteiger charge is -2.33. The molecule has 0 spiro atoms. The Bertz CT molecular complexity index is 800. The lowest BCUT2D eigenvalue weighted by Crippen LogP contribution is -2.47. The topological polar surface area (TPSA) is 63.5 Å². The van der Waals surface area contributed by atoms with Crippen molar-refractivity contribution >= 4 is 17.4 Å². The van der Waals surface area contributed by atoms with E-state index in [0.717, 1.165) is 57.6 Å². The molecule has 2 rings (SSSR count). The molecular formula is C28H46ClN5. The molecule has 1 saturated carbocycles. The SMILES string of the molecule is CC/C(C)=C(/C=C\Cl)C1CC/N=C(N(CC)C(C#N)NC)\C(=C/CC2(CCCNC)CC2)CC1. The molecule has 2 atom stereocenters. The van der Waals surface area contributed by atoms with Crippen molar-refractivity contribution in [2.24, 2.45) is 16.3 Å². The van der Waals surface area contributed by atoms with Gasteiger partial charge in [-0.2, -0.15) is 5.26 Å². The number of halogens is 1. The molecule has 0 amide bonds. The van der Waals surface area contributed by atoms with Crippen molar-refractivity contribution in [2.75, 3.05) is 33.7 Å². The van der Waals surface area contributed by atoms with Crippen molar-refractivity contribution in [3.8, 4) is 6.07 Å². The van der Waals surface area contributed by atoms with E-state index in [0.29, 0.717) is 11.3 Å². The number of aliphatic imine (C=N–C) groups is 1. The van der Waals surface area contributed by atoms with E-state index in [1.165, 1.54) is 42.4 Å². The molecule has 34 heavy (non-hydrogen) atoms. The maximum atomic E-state index is 9.76.